The van der Waals surface area contributed by atoms with Crippen LogP contribution in [0.2, 0.25) is 0 Å². The van der Waals surface area contributed by atoms with E-state index in [4.69, 9.17) is 4.74 Å². The molecular weight excluding hydrogens is 372 g/mol. The van der Waals surface area contributed by atoms with Gasteiger partial charge in [-0.1, -0.05) is 42.5 Å². The summed E-state index contributed by atoms with van der Waals surface area (Å²) in [5.74, 6) is -2.71. The van der Waals surface area contributed by atoms with E-state index in [1.807, 2.05) is 0 Å². The molecule has 0 heterocycles. The second-order valence-electron chi connectivity index (χ2n) is 6.51. The Bertz CT molecular complexity index is 1180. The lowest BCUT2D eigenvalue weighted by Crippen LogP contribution is -2.23. The van der Waals surface area contributed by atoms with Crippen LogP contribution in [0, 0.1) is 0 Å². The Balaban J connectivity index is 2.12. The number of hydrogen-bond donors (Lipinski definition) is 2. The van der Waals surface area contributed by atoms with Crippen molar-refractivity contribution in [1.29, 1.82) is 0 Å². The molecule has 1 aliphatic rings. The monoisotopic (exact) mass is 388 g/mol. The molecule has 0 unspecified atom stereocenters. The number of carbonyl (C=O) groups is 3. The standard InChI is InChI=1S/C23H16O6/c1-2-29-23(28)20-16(25)11-14-19(17(20)12-7-4-3-5-8-12)22(27)18-13(21(14)26)9-6-10-15(18)24/h3-11,24-25H,2H2,1H3. The van der Waals surface area contributed by atoms with Crippen molar-refractivity contribution < 1.29 is 29.3 Å². The molecule has 4 rings (SSSR count). The van der Waals surface area contributed by atoms with E-state index < -0.39 is 23.3 Å². The van der Waals surface area contributed by atoms with Gasteiger partial charge in [0.2, 0.25) is 0 Å². The van der Waals surface area contributed by atoms with Crippen LogP contribution in [0.25, 0.3) is 11.1 Å². The minimum atomic E-state index is -0.810. The molecule has 6 nitrogen and oxygen atoms in total. The van der Waals surface area contributed by atoms with Crippen molar-refractivity contribution >= 4 is 17.5 Å². The van der Waals surface area contributed by atoms with Crippen molar-refractivity contribution in [3.63, 3.8) is 0 Å². The molecule has 0 spiro atoms. The van der Waals surface area contributed by atoms with Crippen LogP contribution in [0.15, 0.2) is 54.6 Å². The topological polar surface area (TPSA) is 101 Å². The number of benzene rings is 3. The molecule has 1 aliphatic carbocycles. The number of aromatic hydroxyl groups is 2. The summed E-state index contributed by atoms with van der Waals surface area (Å²) in [4.78, 5) is 39.0. The molecule has 0 bridgehead atoms. The first-order valence-electron chi connectivity index (χ1n) is 8.99. The maximum Gasteiger partial charge on any atom is 0.342 e. The van der Waals surface area contributed by atoms with Crippen LogP contribution in [-0.2, 0) is 4.74 Å². The lowest BCUT2D eigenvalue weighted by Gasteiger charge is -2.23. The normalized spacial score (nSPS) is 12.3. The summed E-state index contributed by atoms with van der Waals surface area (Å²) in [6.07, 6.45) is 0. The zero-order chi connectivity index (χ0) is 20.7. The van der Waals surface area contributed by atoms with E-state index in [1.54, 1.807) is 37.3 Å². The largest absolute Gasteiger partial charge is 0.507 e. The van der Waals surface area contributed by atoms with Gasteiger partial charge in [0.1, 0.15) is 17.1 Å². The molecule has 29 heavy (non-hydrogen) atoms. The molecule has 0 radical (unpaired) electrons. The zero-order valence-electron chi connectivity index (χ0n) is 15.4. The van der Waals surface area contributed by atoms with Crippen LogP contribution in [0.4, 0.5) is 0 Å². The van der Waals surface area contributed by atoms with Gasteiger partial charge in [0.05, 0.1) is 12.2 Å². The first-order chi connectivity index (χ1) is 14.0. The average Bonchev–Trinajstić information content (AvgIpc) is 2.71. The summed E-state index contributed by atoms with van der Waals surface area (Å²) < 4.78 is 5.07. The van der Waals surface area contributed by atoms with Gasteiger partial charge in [-0.25, -0.2) is 4.79 Å². The van der Waals surface area contributed by atoms with Gasteiger partial charge in [0.25, 0.3) is 0 Å². The first-order valence-corrected chi connectivity index (χ1v) is 8.99. The Labute approximate surface area is 166 Å². The number of fused-ring (bicyclic) bond motifs is 2. The fourth-order valence-electron chi connectivity index (χ4n) is 3.63. The number of phenols is 2. The molecule has 6 heteroatoms. The maximum absolute atomic E-state index is 13.4. The minimum absolute atomic E-state index is 0.0301. The Kier molecular flexibility index (Phi) is 4.39. The summed E-state index contributed by atoms with van der Waals surface area (Å²) >= 11 is 0. The number of ether oxygens (including phenoxy) is 1. The number of carbonyl (C=O) groups excluding carboxylic acids is 3. The first kappa shape index (κ1) is 18.4. The van der Waals surface area contributed by atoms with Crippen molar-refractivity contribution in [1.82, 2.24) is 0 Å². The van der Waals surface area contributed by atoms with Gasteiger partial charge >= 0.3 is 5.97 Å². The number of rotatable bonds is 3. The van der Waals surface area contributed by atoms with E-state index in [-0.39, 0.29) is 45.7 Å². The van der Waals surface area contributed by atoms with Crippen LogP contribution in [0.3, 0.4) is 0 Å². The van der Waals surface area contributed by atoms with Crippen LogP contribution in [0.1, 0.15) is 49.1 Å². The third-order valence-corrected chi connectivity index (χ3v) is 4.83. The van der Waals surface area contributed by atoms with E-state index in [2.05, 4.69) is 0 Å². The third kappa shape index (κ3) is 2.77. The van der Waals surface area contributed by atoms with Gasteiger partial charge in [-0.15, -0.1) is 0 Å². The lowest BCUT2D eigenvalue weighted by molar-refractivity contribution is 0.0523. The number of esters is 1. The second kappa shape index (κ2) is 6.91. The highest BCUT2D eigenvalue weighted by Crippen LogP contribution is 2.42. The van der Waals surface area contributed by atoms with Gasteiger partial charge in [-0.2, -0.15) is 0 Å². The molecule has 0 amide bonds. The van der Waals surface area contributed by atoms with Gasteiger partial charge in [0.15, 0.2) is 11.6 Å². The fourth-order valence-corrected chi connectivity index (χ4v) is 3.63. The molecule has 0 saturated heterocycles. The van der Waals surface area contributed by atoms with Crippen LogP contribution < -0.4 is 0 Å². The molecule has 0 aromatic heterocycles. The maximum atomic E-state index is 13.4. The second-order valence-corrected chi connectivity index (χ2v) is 6.51. The van der Waals surface area contributed by atoms with E-state index in [0.717, 1.165) is 6.07 Å². The Morgan fingerprint density at radius 1 is 0.828 bits per heavy atom. The Morgan fingerprint density at radius 3 is 2.24 bits per heavy atom. The van der Waals surface area contributed by atoms with E-state index in [0.29, 0.717) is 5.56 Å². The van der Waals surface area contributed by atoms with Gasteiger partial charge in [-0.3, -0.25) is 9.59 Å². The highest BCUT2D eigenvalue weighted by molar-refractivity contribution is 6.32. The number of ketones is 2. The third-order valence-electron chi connectivity index (χ3n) is 4.83. The molecule has 2 N–H and O–H groups in total. The summed E-state index contributed by atoms with van der Waals surface area (Å²) in [5.41, 5.74) is 0.215. The zero-order valence-corrected chi connectivity index (χ0v) is 15.4. The molecule has 0 saturated carbocycles. The molecule has 3 aromatic carbocycles. The van der Waals surface area contributed by atoms with Crippen molar-refractivity contribution in [3.8, 4) is 22.6 Å². The molecule has 3 aromatic rings. The van der Waals surface area contributed by atoms with Gasteiger partial charge in [0, 0.05) is 22.3 Å². The Morgan fingerprint density at radius 2 is 1.55 bits per heavy atom. The lowest BCUT2D eigenvalue weighted by atomic mass is 9.78. The molecular formula is C23H16O6. The number of hydrogen-bond acceptors (Lipinski definition) is 6. The van der Waals surface area contributed by atoms with E-state index >= 15 is 0 Å². The smallest absolute Gasteiger partial charge is 0.342 e. The summed E-state index contributed by atoms with van der Waals surface area (Å²) in [7, 11) is 0. The highest BCUT2D eigenvalue weighted by atomic mass is 16.5. The quantitative estimate of drug-likeness (QED) is 0.519. The van der Waals surface area contributed by atoms with Crippen molar-refractivity contribution in [3.05, 3.63) is 82.4 Å². The Hall–Kier alpha value is -3.93. The van der Waals surface area contributed by atoms with Crippen LogP contribution >= 0.6 is 0 Å². The molecule has 0 aliphatic heterocycles. The predicted molar refractivity (Wildman–Crippen MR) is 104 cm³/mol. The van der Waals surface area contributed by atoms with Gasteiger partial charge < -0.3 is 14.9 Å². The van der Waals surface area contributed by atoms with E-state index in [1.165, 1.54) is 18.2 Å². The minimum Gasteiger partial charge on any atom is -0.507 e. The summed E-state index contributed by atoms with van der Waals surface area (Å²) in [6.45, 7) is 1.69. The number of phenolic OH excluding ortho intramolecular Hbond substituents is 2. The fraction of sp³-hybridized carbons (Fsp3) is 0.0870. The molecule has 0 fully saturated rings. The highest BCUT2D eigenvalue weighted by Gasteiger charge is 2.37. The van der Waals surface area contributed by atoms with Crippen molar-refractivity contribution in [2.75, 3.05) is 6.61 Å². The van der Waals surface area contributed by atoms with Crippen LogP contribution in [0.5, 0.6) is 11.5 Å². The molecule has 144 valence electrons. The summed E-state index contributed by atoms with van der Waals surface area (Å²) in [5, 5.41) is 20.8. The SMILES string of the molecule is CCOC(=O)c1c(O)cc2c(c1-c1ccccc1)C(=O)c1c(O)cccc1C2=O. The van der Waals surface area contributed by atoms with Gasteiger partial charge in [-0.05, 0) is 24.6 Å². The molecule has 0 atom stereocenters. The summed E-state index contributed by atoms with van der Waals surface area (Å²) in [6, 6.07) is 13.8. The average molecular weight is 388 g/mol. The van der Waals surface area contributed by atoms with Crippen LogP contribution in [-0.4, -0.2) is 34.4 Å². The predicted octanol–water partition coefficient (Wildman–Crippen LogP) is 3.72. The van der Waals surface area contributed by atoms with Crippen molar-refractivity contribution in [2.24, 2.45) is 0 Å². The van der Waals surface area contributed by atoms with Crippen molar-refractivity contribution in [2.45, 2.75) is 6.92 Å². The van der Waals surface area contributed by atoms with E-state index in [9.17, 15) is 24.6 Å².